The first kappa shape index (κ1) is 23.1. The van der Waals surface area contributed by atoms with Gasteiger partial charge in [0, 0.05) is 0 Å². The molecular weight excluding hydrogens is 412 g/mol. The van der Waals surface area contributed by atoms with Crippen molar-refractivity contribution < 1.29 is 14.3 Å². The standard InChI is InChI=1S/C25H32O3S2/c1-2-27-24(26)25(29-18-9-19-30-25)17-8-4-7-10-21-13-15-23(16-14-21)28-20-22-11-5-3-6-12-22/h3,5-6,11-16H,2,4,7-10,17-20H2,1H3. The van der Waals surface area contributed by atoms with Gasteiger partial charge in [0.2, 0.25) is 0 Å². The normalized spacial score (nSPS) is 15.5. The summed E-state index contributed by atoms with van der Waals surface area (Å²) < 4.78 is 10.9. The van der Waals surface area contributed by atoms with Gasteiger partial charge in [0.1, 0.15) is 12.4 Å². The summed E-state index contributed by atoms with van der Waals surface area (Å²) in [5.41, 5.74) is 2.51. The van der Waals surface area contributed by atoms with Crippen LogP contribution in [0.3, 0.4) is 0 Å². The van der Waals surface area contributed by atoms with Crippen molar-refractivity contribution in [3.63, 3.8) is 0 Å². The van der Waals surface area contributed by atoms with Gasteiger partial charge in [-0.1, -0.05) is 55.3 Å². The first-order valence-electron chi connectivity index (χ1n) is 10.9. The van der Waals surface area contributed by atoms with Gasteiger partial charge in [-0.05, 0) is 67.4 Å². The summed E-state index contributed by atoms with van der Waals surface area (Å²) in [7, 11) is 0. The molecule has 0 aromatic heterocycles. The lowest BCUT2D eigenvalue weighted by molar-refractivity contribution is -0.143. The Hall–Kier alpha value is -1.59. The Kier molecular flexibility index (Phi) is 9.47. The van der Waals surface area contributed by atoms with Crippen LogP contribution in [0.2, 0.25) is 0 Å². The fourth-order valence-electron chi connectivity index (χ4n) is 3.54. The van der Waals surface area contributed by atoms with Crippen molar-refractivity contribution in [2.24, 2.45) is 0 Å². The monoisotopic (exact) mass is 444 g/mol. The highest BCUT2D eigenvalue weighted by molar-refractivity contribution is 8.19. The molecule has 3 nitrogen and oxygen atoms in total. The first-order valence-corrected chi connectivity index (χ1v) is 12.9. The first-order chi connectivity index (χ1) is 14.7. The lowest BCUT2D eigenvalue weighted by Gasteiger charge is -2.33. The third-order valence-corrected chi connectivity index (χ3v) is 8.56. The number of carbonyl (C=O) groups is 1. The number of unbranched alkanes of at least 4 members (excludes halogenated alkanes) is 2. The molecule has 1 fully saturated rings. The van der Waals surface area contributed by atoms with E-state index in [0.717, 1.165) is 49.4 Å². The Morgan fingerprint density at radius 3 is 2.37 bits per heavy atom. The summed E-state index contributed by atoms with van der Waals surface area (Å²) in [6, 6.07) is 18.7. The Morgan fingerprint density at radius 2 is 1.67 bits per heavy atom. The number of ether oxygens (including phenoxy) is 2. The van der Waals surface area contributed by atoms with Gasteiger partial charge in [-0.2, -0.15) is 0 Å². The molecule has 0 atom stereocenters. The third-order valence-electron chi connectivity index (χ3n) is 5.19. The number of esters is 1. The summed E-state index contributed by atoms with van der Waals surface area (Å²) in [6.45, 7) is 2.95. The Labute approximate surface area is 189 Å². The van der Waals surface area contributed by atoms with Crippen LogP contribution < -0.4 is 4.74 Å². The Bertz CT molecular complexity index is 756. The molecule has 0 amide bonds. The molecule has 1 saturated heterocycles. The smallest absolute Gasteiger partial charge is 0.332 e. The van der Waals surface area contributed by atoms with Crippen LogP contribution in [-0.2, 0) is 22.6 Å². The van der Waals surface area contributed by atoms with E-state index in [2.05, 4.69) is 36.4 Å². The van der Waals surface area contributed by atoms with E-state index in [1.807, 2.05) is 25.1 Å². The average molecular weight is 445 g/mol. The molecule has 1 heterocycles. The molecule has 3 rings (SSSR count). The molecule has 1 aliphatic heterocycles. The van der Waals surface area contributed by atoms with E-state index in [1.165, 1.54) is 17.5 Å². The molecule has 0 spiro atoms. The zero-order valence-corrected chi connectivity index (χ0v) is 19.4. The number of carbonyl (C=O) groups excluding carboxylic acids is 1. The highest BCUT2D eigenvalue weighted by Gasteiger charge is 2.42. The van der Waals surface area contributed by atoms with Gasteiger partial charge in [0.15, 0.2) is 4.08 Å². The van der Waals surface area contributed by atoms with E-state index in [9.17, 15) is 4.79 Å². The van der Waals surface area contributed by atoms with E-state index >= 15 is 0 Å². The van der Waals surface area contributed by atoms with Crippen LogP contribution in [0, 0.1) is 0 Å². The molecule has 30 heavy (non-hydrogen) atoms. The van der Waals surface area contributed by atoms with Crippen molar-refractivity contribution in [1.82, 2.24) is 0 Å². The Balaban J connectivity index is 1.38. The van der Waals surface area contributed by atoms with Gasteiger partial charge in [-0.15, -0.1) is 23.5 Å². The molecule has 0 aliphatic carbocycles. The molecule has 1 aliphatic rings. The molecule has 2 aromatic rings. The summed E-state index contributed by atoms with van der Waals surface area (Å²) in [5.74, 6) is 3.01. The van der Waals surface area contributed by atoms with Gasteiger partial charge >= 0.3 is 5.97 Å². The SMILES string of the molecule is CCOC(=O)C1(CCCCCc2ccc(OCc3ccccc3)cc2)SCCCS1. The van der Waals surface area contributed by atoms with Crippen molar-refractivity contribution in [3.8, 4) is 5.75 Å². The second kappa shape index (κ2) is 12.3. The minimum atomic E-state index is -0.369. The lowest BCUT2D eigenvalue weighted by atomic mass is 10.0. The second-order valence-corrected chi connectivity index (χ2v) is 10.5. The quantitative estimate of drug-likeness (QED) is 0.292. The fourth-order valence-corrected chi connectivity index (χ4v) is 6.72. The van der Waals surface area contributed by atoms with Crippen LogP contribution in [0.5, 0.6) is 5.75 Å². The third kappa shape index (κ3) is 6.98. The number of rotatable bonds is 11. The van der Waals surface area contributed by atoms with Gasteiger partial charge in [0.05, 0.1) is 6.61 Å². The van der Waals surface area contributed by atoms with Crippen molar-refractivity contribution in [1.29, 1.82) is 0 Å². The van der Waals surface area contributed by atoms with Crippen LogP contribution in [0.25, 0.3) is 0 Å². The van der Waals surface area contributed by atoms with Crippen molar-refractivity contribution >= 4 is 29.5 Å². The van der Waals surface area contributed by atoms with Crippen LogP contribution >= 0.6 is 23.5 Å². The number of aryl methyl sites for hydroxylation is 1. The van der Waals surface area contributed by atoms with Crippen LogP contribution in [0.15, 0.2) is 54.6 Å². The van der Waals surface area contributed by atoms with E-state index in [-0.39, 0.29) is 10.0 Å². The molecule has 5 heteroatoms. The van der Waals surface area contributed by atoms with E-state index in [0.29, 0.717) is 13.2 Å². The molecule has 0 bridgehead atoms. The fraction of sp³-hybridized carbons (Fsp3) is 0.480. The van der Waals surface area contributed by atoms with Crippen molar-refractivity contribution in [3.05, 3.63) is 65.7 Å². The van der Waals surface area contributed by atoms with Crippen LogP contribution in [0.4, 0.5) is 0 Å². The van der Waals surface area contributed by atoms with Crippen molar-refractivity contribution in [2.45, 2.75) is 56.1 Å². The van der Waals surface area contributed by atoms with Gasteiger partial charge in [0.25, 0.3) is 0 Å². The molecular formula is C25H32O3S2. The maximum Gasteiger partial charge on any atom is 0.332 e. The maximum absolute atomic E-state index is 12.5. The second-order valence-electron chi connectivity index (χ2n) is 7.50. The predicted molar refractivity (Wildman–Crippen MR) is 128 cm³/mol. The zero-order valence-electron chi connectivity index (χ0n) is 17.8. The minimum absolute atomic E-state index is 0.0224. The summed E-state index contributed by atoms with van der Waals surface area (Å²) in [4.78, 5) is 12.5. The number of hydrogen-bond donors (Lipinski definition) is 0. The number of benzene rings is 2. The van der Waals surface area contributed by atoms with Crippen molar-refractivity contribution in [2.75, 3.05) is 18.1 Å². The maximum atomic E-state index is 12.5. The topological polar surface area (TPSA) is 35.5 Å². The molecule has 0 N–H and O–H groups in total. The van der Waals surface area contributed by atoms with Crippen LogP contribution in [0.1, 0.15) is 50.2 Å². The molecule has 0 saturated carbocycles. The summed E-state index contributed by atoms with van der Waals surface area (Å²) in [5, 5.41) is 0. The van der Waals surface area contributed by atoms with Gasteiger partial charge < -0.3 is 9.47 Å². The summed E-state index contributed by atoms with van der Waals surface area (Å²) >= 11 is 3.58. The molecule has 2 aromatic carbocycles. The predicted octanol–water partition coefficient (Wildman–Crippen LogP) is 6.50. The molecule has 0 unspecified atom stereocenters. The number of hydrogen-bond acceptors (Lipinski definition) is 5. The van der Waals surface area contributed by atoms with E-state index in [1.54, 1.807) is 23.5 Å². The highest BCUT2D eigenvalue weighted by atomic mass is 32.2. The minimum Gasteiger partial charge on any atom is -0.489 e. The largest absolute Gasteiger partial charge is 0.489 e. The number of thioether (sulfide) groups is 2. The molecule has 162 valence electrons. The van der Waals surface area contributed by atoms with Crippen LogP contribution in [-0.4, -0.2) is 28.2 Å². The van der Waals surface area contributed by atoms with Gasteiger partial charge in [-0.25, -0.2) is 4.79 Å². The van der Waals surface area contributed by atoms with Gasteiger partial charge in [-0.3, -0.25) is 0 Å². The summed E-state index contributed by atoms with van der Waals surface area (Å²) in [6.07, 6.45) is 6.49. The zero-order chi connectivity index (χ0) is 21.1. The molecule has 0 radical (unpaired) electrons. The lowest BCUT2D eigenvalue weighted by Crippen LogP contribution is -2.36. The average Bonchev–Trinajstić information content (AvgIpc) is 2.80. The van der Waals surface area contributed by atoms with E-state index in [4.69, 9.17) is 9.47 Å². The van der Waals surface area contributed by atoms with E-state index < -0.39 is 0 Å². The Morgan fingerprint density at radius 1 is 0.933 bits per heavy atom. The highest BCUT2D eigenvalue weighted by Crippen LogP contribution is 2.46.